The van der Waals surface area contributed by atoms with E-state index in [4.69, 9.17) is 5.73 Å². The van der Waals surface area contributed by atoms with Crippen molar-refractivity contribution < 1.29 is 0 Å². The van der Waals surface area contributed by atoms with Crippen LogP contribution in [0.15, 0.2) is 6.07 Å². The fourth-order valence-electron chi connectivity index (χ4n) is 2.82. The van der Waals surface area contributed by atoms with Crippen molar-refractivity contribution in [2.24, 2.45) is 11.8 Å². The van der Waals surface area contributed by atoms with E-state index in [2.05, 4.69) is 43.0 Å². The molecule has 1 aliphatic carbocycles. The first-order valence-corrected chi connectivity index (χ1v) is 7.75. The van der Waals surface area contributed by atoms with E-state index in [1.165, 1.54) is 25.7 Å². The van der Waals surface area contributed by atoms with Crippen LogP contribution in [0.5, 0.6) is 0 Å². The van der Waals surface area contributed by atoms with E-state index in [1.54, 1.807) is 0 Å². The van der Waals surface area contributed by atoms with Gasteiger partial charge in [0, 0.05) is 18.0 Å². The Bertz CT molecular complexity index is 450. The lowest BCUT2D eigenvalue weighted by Gasteiger charge is -2.29. The van der Waals surface area contributed by atoms with Gasteiger partial charge in [0.05, 0.1) is 0 Å². The lowest BCUT2D eigenvalue weighted by Crippen LogP contribution is -2.25. The van der Waals surface area contributed by atoms with Gasteiger partial charge in [0.15, 0.2) is 0 Å². The summed E-state index contributed by atoms with van der Waals surface area (Å²) < 4.78 is 0. The maximum absolute atomic E-state index is 5.90. The minimum absolute atomic E-state index is 0.0794. The molecule has 0 bridgehead atoms. The van der Waals surface area contributed by atoms with Crippen LogP contribution in [0.3, 0.4) is 0 Å². The monoisotopic (exact) mass is 276 g/mol. The summed E-state index contributed by atoms with van der Waals surface area (Å²) in [6.07, 6.45) is 5.41. The number of nitrogen functional groups attached to an aromatic ring is 1. The maximum Gasteiger partial charge on any atom is 0.138 e. The summed E-state index contributed by atoms with van der Waals surface area (Å²) in [4.78, 5) is 8.95. The maximum atomic E-state index is 5.90. The van der Waals surface area contributed by atoms with Gasteiger partial charge in [0.25, 0.3) is 0 Å². The molecule has 3 N–H and O–H groups in total. The van der Waals surface area contributed by atoms with Crippen molar-refractivity contribution in [2.75, 3.05) is 17.6 Å². The molecule has 0 saturated heterocycles. The van der Waals surface area contributed by atoms with E-state index in [0.717, 1.165) is 30.0 Å². The molecule has 20 heavy (non-hydrogen) atoms. The van der Waals surface area contributed by atoms with Gasteiger partial charge in [-0.25, -0.2) is 9.97 Å². The number of nitrogens with zero attached hydrogens (tertiary/aromatic N) is 2. The third kappa shape index (κ3) is 3.84. The zero-order valence-corrected chi connectivity index (χ0v) is 13.2. The molecule has 1 aliphatic rings. The molecule has 0 spiro atoms. The first-order chi connectivity index (χ1) is 9.36. The Kier molecular flexibility index (Phi) is 4.51. The van der Waals surface area contributed by atoms with Gasteiger partial charge in [-0.3, -0.25) is 0 Å². The van der Waals surface area contributed by atoms with E-state index < -0.39 is 0 Å². The second kappa shape index (κ2) is 5.98. The highest BCUT2D eigenvalue weighted by Crippen LogP contribution is 2.30. The van der Waals surface area contributed by atoms with Crippen LogP contribution in [-0.2, 0) is 5.41 Å². The van der Waals surface area contributed by atoms with E-state index >= 15 is 0 Å². The van der Waals surface area contributed by atoms with Crippen LogP contribution < -0.4 is 11.1 Å². The Morgan fingerprint density at radius 2 is 1.95 bits per heavy atom. The van der Waals surface area contributed by atoms with Crippen LogP contribution in [0, 0.1) is 11.8 Å². The molecule has 0 amide bonds. The largest absolute Gasteiger partial charge is 0.384 e. The number of aromatic nitrogens is 2. The summed E-state index contributed by atoms with van der Waals surface area (Å²) in [5.74, 6) is 3.76. The van der Waals surface area contributed by atoms with Gasteiger partial charge in [-0.2, -0.15) is 0 Å². The number of hydrogen-bond donors (Lipinski definition) is 2. The van der Waals surface area contributed by atoms with Crippen molar-refractivity contribution in [1.29, 1.82) is 0 Å². The average Bonchev–Trinajstić information content (AvgIpc) is 2.36. The van der Waals surface area contributed by atoms with E-state index in [0.29, 0.717) is 5.82 Å². The molecule has 2 rings (SSSR count). The molecule has 1 heterocycles. The van der Waals surface area contributed by atoms with E-state index in [1.807, 2.05) is 6.07 Å². The predicted octanol–water partition coefficient (Wildman–Crippen LogP) is 3.59. The smallest absolute Gasteiger partial charge is 0.138 e. The van der Waals surface area contributed by atoms with Gasteiger partial charge >= 0.3 is 0 Å². The first-order valence-electron chi connectivity index (χ1n) is 7.75. The molecule has 0 aliphatic heterocycles. The Morgan fingerprint density at radius 3 is 2.60 bits per heavy atom. The SMILES string of the molecule is CC1CCCCC1CNc1cc(N)nc(C(C)(C)C)n1. The summed E-state index contributed by atoms with van der Waals surface area (Å²) >= 11 is 0. The fraction of sp³-hybridized carbons (Fsp3) is 0.750. The van der Waals surface area contributed by atoms with Gasteiger partial charge in [0.2, 0.25) is 0 Å². The van der Waals surface area contributed by atoms with Crippen molar-refractivity contribution in [3.8, 4) is 0 Å². The summed E-state index contributed by atoms with van der Waals surface area (Å²) in [6.45, 7) is 9.67. The molecule has 0 aromatic carbocycles. The molecule has 0 radical (unpaired) electrons. The molecule has 2 unspecified atom stereocenters. The van der Waals surface area contributed by atoms with Crippen molar-refractivity contribution in [2.45, 2.75) is 58.8 Å². The fourth-order valence-corrected chi connectivity index (χ4v) is 2.82. The van der Waals surface area contributed by atoms with Crippen LogP contribution in [0.1, 0.15) is 59.2 Å². The molecule has 1 saturated carbocycles. The lowest BCUT2D eigenvalue weighted by atomic mass is 9.80. The van der Waals surface area contributed by atoms with Crippen molar-refractivity contribution in [1.82, 2.24) is 9.97 Å². The van der Waals surface area contributed by atoms with E-state index in [-0.39, 0.29) is 5.41 Å². The standard InChI is InChI=1S/C16H28N4/c1-11-7-5-6-8-12(11)10-18-14-9-13(17)19-15(20-14)16(2,3)4/h9,11-12H,5-8,10H2,1-4H3,(H3,17,18,19,20). The Morgan fingerprint density at radius 1 is 1.25 bits per heavy atom. The average molecular weight is 276 g/mol. The second-order valence-electron chi connectivity index (χ2n) is 7.15. The van der Waals surface area contributed by atoms with Gasteiger partial charge in [-0.1, -0.05) is 47.0 Å². The van der Waals surface area contributed by atoms with Crippen LogP contribution >= 0.6 is 0 Å². The first kappa shape index (κ1) is 15.1. The van der Waals surface area contributed by atoms with Crippen LogP contribution in [0.4, 0.5) is 11.6 Å². The van der Waals surface area contributed by atoms with Crippen LogP contribution in [0.2, 0.25) is 0 Å². The van der Waals surface area contributed by atoms with E-state index in [9.17, 15) is 0 Å². The minimum Gasteiger partial charge on any atom is -0.384 e. The third-order valence-corrected chi connectivity index (χ3v) is 4.25. The highest BCUT2D eigenvalue weighted by atomic mass is 15.1. The number of nitrogens with two attached hydrogens (primary N) is 1. The molecule has 1 fully saturated rings. The molecule has 4 nitrogen and oxygen atoms in total. The highest BCUT2D eigenvalue weighted by Gasteiger charge is 2.22. The quantitative estimate of drug-likeness (QED) is 0.885. The van der Waals surface area contributed by atoms with Crippen LogP contribution in [0.25, 0.3) is 0 Å². The third-order valence-electron chi connectivity index (χ3n) is 4.25. The summed E-state index contributed by atoms with van der Waals surface area (Å²) in [6, 6.07) is 1.84. The number of nitrogens with one attached hydrogen (secondary N) is 1. The van der Waals surface area contributed by atoms with Crippen molar-refractivity contribution in [3.63, 3.8) is 0 Å². The topological polar surface area (TPSA) is 63.8 Å². The highest BCUT2D eigenvalue weighted by molar-refractivity contribution is 5.45. The Labute approximate surface area is 122 Å². The van der Waals surface area contributed by atoms with Gasteiger partial charge in [0.1, 0.15) is 17.5 Å². The second-order valence-corrected chi connectivity index (χ2v) is 7.15. The molecule has 4 heteroatoms. The van der Waals surface area contributed by atoms with Gasteiger partial charge in [-0.15, -0.1) is 0 Å². The Balaban J connectivity index is 2.04. The zero-order valence-electron chi connectivity index (χ0n) is 13.2. The minimum atomic E-state index is -0.0794. The molecule has 1 aromatic rings. The predicted molar refractivity (Wildman–Crippen MR) is 84.8 cm³/mol. The molecule has 2 atom stereocenters. The summed E-state index contributed by atoms with van der Waals surface area (Å²) in [5, 5.41) is 3.47. The number of hydrogen-bond acceptors (Lipinski definition) is 4. The van der Waals surface area contributed by atoms with Crippen molar-refractivity contribution >= 4 is 11.6 Å². The summed E-state index contributed by atoms with van der Waals surface area (Å²) in [7, 11) is 0. The molecular weight excluding hydrogens is 248 g/mol. The van der Waals surface area contributed by atoms with Crippen LogP contribution in [-0.4, -0.2) is 16.5 Å². The zero-order chi connectivity index (χ0) is 14.8. The molecule has 1 aromatic heterocycles. The Hall–Kier alpha value is -1.32. The van der Waals surface area contributed by atoms with Gasteiger partial charge < -0.3 is 11.1 Å². The molecular formula is C16H28N4. The number of anilines is 2. The van der Waals surface area contributed by atoms with Gasteiger partial charge in [-0.05, 0) is 18.3 Å². The normalized spacial score (nSPS) is 23.6. The van der Waals surface area contributed by atoms with Crippen molar-refractivity contribution in [3.05, 3.63) is 11.9 Å². The number of rotatable bonds is 3. The molecule has 112 valence electrons. The lowest BCUT2D eigenvalue weighted by molar-refractivity contribution is 0.268. The summed E-state index contributed by atoms with van der Waals surface area (Å²) in [5.41, 5.74) is 5.82.